The van der Waals surface area contributed by atoms with Crippen molar-refractivity contribution >= 4 is 33.1 Å². The van der Waals surface area contributed by atoms with E-state index >= 15 is 0 Å². The molecule has 1 amide bonds. The molecule has 0 bridgehead atoms. The summed E-state index contributed by atoms with van der Waals surface area (Å²) in [6.45, 7) is 4.00. The van der Waals surface area contributed by atoms with Crippen LogP contribution in [0, 0.1) is 16.7 Å². The Kier molecular flexibility index (Phi) is 4.92. The van der Waals surface area contributed by atoms with Gasteiger partial charge in [-0.3, -0.25) is 4.79 Å². The molecule has 0 saturated carbocycles. The van der Waals surface area contributed by atoms with Crippen LogP contribution >= 0.6 is 11.3 Å². The Labute approximate surface area is 128 Å². The highest BCUT2D eigenvalue weighted by molar-refractivity contribution is 7.16. The third kappa shape index (κ3) is 3.22. The molecule has 0 fully saturated rings. The van der Waals surface area contributed by atoms with Gasteiger partial charge in [-0.05, 0) is 31.0 Å². The van der Waals surface area contributed by atoms with E-state index in [1.54, 1.807) is 5.51 Å². The maximum absolute atomic E-state index is 12.6. The number of carbonyl (C=O) groups excluding carboxylic acids is 1. The third-order valence-corrected chi connectivity index (χ3v) is 4.38. The second-order valence-electron chi connectivity index (χ2n) is 5.18. The van der Waals surface area contributed by atoms with Gasteiger partial charge in [0.2, 0.25) is 5.91 Å². The smallest absolute Gasteiger partial charge is 0.244 e. The summed E-state index contributed by atoms with van der Waals surface area (Å²) < 4.78 is 1.03. The maximum Gasteiger partial charge on any atom is 0.244 e. The molecule has 1 N–H and O–H groups in total. The lowest BCUT2D eigenvalue weighted by Crippen LogP contribution is -2.35. The van der Waals surface area contributed by atoms with E-state index in [1.165, 1.54) is 11.3 Å². The van der Waals surface area contributed by atoms with Crippen LogP contribution in [0.15, 0.2) is 23.7 Å². The number of carbonyl (C=O) groups is 1. The van der Waals surface area contributed by atoms with Gasteiger partial charge in [0.1, 0.15) is 5.41 Å². The van der Waals surface area contributed by atoms with Crippen molar-refractivity contribution in [2.24, 2.45) is 5.41 Å². The highest BCUT2D eigenvalue weighted by atomic mass is 32.1. The zero-order valence-electron chi connectivity index (χ0n) is 12.3. The second kappa shape index (κ2) is 6.68. The van der Waals surface area contributed by atoms with E-state index in [0.717, 1.165) is 28.7 Å². The summed E-state index contributed by atoms with van der Waals surface area (Å²) in [4.78, 5) is 16.8. The number of benzene rings is 1. The largest absolute Gasteiger partial charge is 0.325 e. The number of anilines is 1. The Morgan fingerprint density at radius 1 is 1.38 bits per heavy atom. The lowest BCUT2D eigenvalue weighted by atomic mass is 9.79. The fourth-order valence-corrected chi connectivity index (χ4v) is 3.27. The first-order chi connectivity index (χ1) is 10.1. The van der Waals surface area contributed by atoms with Crippen molar-refractivity contribution in [1.29, 1.82) is 5.26 Å². The molecule has 21 heavy (non-hydrogen) atoms. The molecule has 0 radical (unpaired) electrons. The fraction of sp³-hybridized carbons (Fsp3) is 0.438. The summed E-state index contributed by atoms with van der Waals surface area (Å²) in [5.41, 5.74) is 2.51. The molecular weight excluding hydrogens is 282 g/mol. The SMILES string of the molecule is CCCC(C#N)(CCC)C(=O)Nc1ccc2ncsc2c1. The van der Waals surface area contributed by atoms with Crippen molar-refractivity contribution in [2.75, 3.05) is 5.32 Å². The Bertz CT molecular complexity index is 665. The van der Waals surface area contributed by atoms with Gasteiger partial charge in [0, 0.05) is 5.69 Å². The minimum absolute atomic E-state index is 0.197. The van der Waals surface area contributed by atoms with Gasteiger partial charge in [-0.1, -0.05) is 26.7 Å². The predicted octanol–water partition coefficient (Wildman–Crippen LogP) is 4.34. The highest BCUT2D eigenvalue weighted by Crippen LogP contribution is 2.31. The molecular formula is C16H19N3OS. The monoisotopic (exact) mass is 301 g/mol. The van der Waals surface area contributed by atoms with E-state index in [2.05, 4.69) is 16.4 Å². The van der Waals surface area contributed by atoms with Gasteiger partial charge >= 0.3 is 0 Å². The molecule has 2 rings (SSSR count). The van der Waals surface area contributed by atoms with Gasteiger partial charge in [-0.15, -0.1) is 11.3 Å². The number of nitrogens with one attached hydrogen (secondary N) is 1. The number of thiazole rings is 1. The zero-order chi connectivity index (χ0) is 15.3. The topological polar surface area (TPSA) is 65.8 Å². The van der Waals surface area contributed by atoms with Crippen molar-refractivity contribution in [3.63, 3.8) is 0 Å². The molecule has 1 aromatic heterocycles. The molecule has 1 heterocycles. The van der Waals surface area contributed by atoms with E-state index in [4.69, 9.17) is 0 Å². The van der Waals surface area contributed by atoms with Gasteiger partial charge in [-0.25, -0.2) is 4.98 Å². The molecule has 0 unspecified atom stereocenters. The van der Waals surface area contributed by atoms with Crippen molar-refractivity contribution in [3.05, 3.63) is 23.7 Å². The van der Waals surface area contributed by atoms with Crippen LogP contribution in [0.1, 0.15) is 39.5 Å². The summed E-state index contributed by atoms with van der Waals surface area (Å²) in [6, 6.07) is 7.87. The minimum Gasteiger partial charge on any atom is -0.325 e. The van der Waals surface area contributed by atoms with Crippen molar-refractivity contribution in [1.82, 2.24) is 4.98 Å². The molecule has 0 spiro atoms. The first-order valence-electron chi connectivity index (χ1n) is 7.21. The third-order valence-electron chi connectivity index (χ3n) is 3.59. The van der Waals surface area contributed by atoms with Crippen LogP contribution in [-0.2, 0) is 4.79 Å². The van der Waals surface area contributed by atoms with Gasteiger partial charge in [-0.2, -0.15) is 5.26 Å². The zero-order valence-corrected chi connectivity index (χ0v) is 13.2. The average Bonchev–Trinajstić information content (AvgIpc) is 2.94. The summed E-state index contributed by atoms with van der Waals surface area (Å²) in [6.07, 6.45) is 2.81. The summed E-state index contributed by atoms with van der Waals surface area (Å²) in [5.74, 6) is -0.197. The number of amides is 1. The Morgan fingerprint density at radius 3 is 2.71 bits per heavy atom. The predicted molar refractivity (Wildman–Crippen MR) is 86.1 cm³/mol. The fourth-order valence-electron chi connectivity index (χ4n) is 2.55. The van der Waals surface area contributed by atoms with E-state index in [0.29, 0.717) is 12.8 Å². The van der Waals surface area contributed by atoms with Crippen LogP contribution in [-0.4, -0.2) is 10.9 Å². The first-order valence-corrected chi connectivity index (χ1v) is 8.09. The van der Waals surface area contributed by atoms with Gasteiger partial charge in [0.25, 0.3) is 0 Å². The molecule has 0 aliphatic rings. The van der Waals surface area contributed by atoms with Crippen LogP contribution in [0.3, 0.4) is 0 Å². The first kappa shape index (κ1) is 15.5. The molecule has 2 aromatic rings. The quantitative estimate of drug-likeness (QED) is 0.862. The number of hydrogen-bond donors (Lipinski definition) is 1. The molecule has 4 nitrogen and oxygen atoms in total. The lowest BCUT2D eigenvalue weighted by molar-refractivity contribution is -0.123. The summed E-state index contributed by atoms with van der Waals surface area (Å²) in [7, 11) is 0. The molecule has 110 valence electrons. The van der Waals surface area contributed by atoms with Crippen LogP contribution in [0.25, 0.3) is 10.2 Å². The Hall–Kier alpha value is -1.93. The van der Waals surface area contributed by atoms with Gasteiger partial charge < -0.3 is 5.32 Å². The van der Waals surface area contributed by atoms with E-state index < -0.39 is 5.41 Å². The highest BCUT2D eigenvalue weighted by Gasteiger charge is 2.36. The molecule has 5 heteroatoms. The standard InChI is InChI=1S/C16H19N3OS/c1-3-7-16(10-17,8-4-2)15(20)19-12-5-6-13-14(9-12)21-11-18-13/h5-6,9,11H,3-4,7-8H2,1-2H3,(H,19,20). The number of nitrogens with zero attached hydrogens (tertiary/aromatic N) is 2. The van der Waals surface area contributed by atoms with Crippen molar-refractivity contribution in [2.45, 2.75) is 39.5 Å². The van der Waals surface area contributed by atoms with E-state index in [1.807, 2.05) is 32.0 Å². The second-order valence-corrected chi connectivity index (χ2v) is 6.07. The number of nitriles is 1. The number of rotatable bonds is 6. The number of fused-ring (bicyclic) bond motifs is 1. The number of aromatic nitrogens is 1. The maximum atomic E-state index is 12.6. The van der Waals surface area contributed by atoms with Crippen LogP contribution in [0.4, 0.5) is 5.69 Å². The van der Waals surface area contributed by atoms with E-state index in [-0.39, 0.29) is 5.91 Å². The van der Waals surface area contributed by atoms with Crippen LogP contribution in [0.5, 0.6) is 0 Å². The van der Waals surface area contributed by atoms with E-state index in [9.17, 15) is 10.1 Å². The minimum atomic E-state index is -0.924. The Morgan fingerprint density at radius 2 is 2.10 bits per heavy atom. The van der Waals surface area contributed by atoms with Gasteiger partial charge in [0.05, 0.1) is 21.8 Å². The lowest BCUT2D eigenvalue weighted by Gasteiger charge is -2.24. The summed E-state index contributed by atoms with van der Waals surface area (Å²) in [5, 5.41) is 12.4. The van der Waals surface area contributed by atoms with Crippen molar-refractivity contribution in [3.8, 4) is 6.07 Å². The van der Waals surface area contributed by atoms with Crippen LogP contribution in [0.2, 0.25) is 0 Å². The number of hydrogen-bond acceptors (Lipinski definition) is 4. The molecule has 1 aromatic carbocycles. The molecule has 0 aliphatic heterocycles. The molecule has 0 saturated heterocycles. The average molecular weight is 301 g/mol. The Balaban J connectivity index is 2.23. The molecule has 0 atom stereocenters. The normalized spacial score (nSPS) is 11.3. The summed E-state index contributed by atoms with van der Waals surface area (Å²) >= 11 is 1.53. The van der Waals surface area contributed by atoms with Gasteiger partial charge in [0.15, 0.2) is 0 Å². The van der Waals surface area contributed by atoms with Crippen LogP contribution < -0.4 is 5.32 Å². The van der Waals surface area contributed by atoms with Crippen molar-refractivity contribution < 1.29 is 4.79 Å². The molecule has 0 aliphatic carbocycles.